The molecule has 0 fully saturated rings. The molecule has 1 aliphatic rings. The van der Waals surface area contributed by atoms with Gasteiger partial charge in [0, 0.05) is 0 Å². The molecule has 1 heterocycles. The maximum atomic E-state index is 13.3. The minimum Gasteiger partial charge on any atom is -0.335 e. The first kappa shape index (κ1) is 16.6. The minimum atomic E-state index is -0.731. The lowest BCUT2D eigenvalue weighted by Gasteiger charge is -2.15. The van der Waals surface area contributed by atoms with Gasteiger partial charge in [0.05, 0.1) is 11.4 Å². The van der Waals surface area contributed by atoms with Crippen LogP contribution in [0.15, 0.2) is 94.2 Å². The number of rotatable bonds is 3. The highest BCUT2D eigenvalue weighted by molar-refractivity contribution is 8.32. The summed E-state index contributed by atoms with van der Waals surface area (Å²) in [5.74, 6) is -0.230. The van der Waals surface area contributed by atoms with Crippen LogP contribution >= 0.6 is 10.9 Å². The lowest BCUT2D eigenvalue weighted by molar-refractivity contribution is 0.627. The van der Waals surface area contributed by atoms with E-state index >= 15 is 0 Å². The Balaban J connectivity index is 1.76. The van der Waals surface area contributed by atoms with Crippen LogP contribution in [-0.2, 0) is 0 Å². The number of aliphatic imine (C=N–C) groups is 1. The van der Waals surface area contributed by atoms with Crippen LogP contribution in [0.1, 0.15) is 11.1 Å². The van der Waals surface area contributed by atoms with Gasteiger partial charge in [0.2, 0.25) is 0 Å². The Bertz CT molecular complexity index is 979. The maximum absolute atomic E-state index is 13.3. The summed E-state index contributed by atoms with van der Waals surface area (Å²) in [5.41, 5.74) is 4.09. The van der Waals surface area contributed by atoms with Crippen molar-refractivity contribution >= 4 is 27.4 Å². The quantitative estimate of drug-likeness (QED) is 0.567. The van der Waals surface area contributed by atoms with Crippen molar-refractivity contribution in [3.63, 3.8) is 0 Å². The van der Waals surface area contributed by atoms with Crippen molar-refractivity contribution in [1.82, 2.24) is 5.32 Å². The molecule has 0 bridgehead atoms. The number of nitrogens with one attached hydrogen (secondary N) is 1. The molecule has 0 aromatic heterocycles. The molecule has 0 saturated heterocycles. The van der Waals surface area contributed by atoms with Gasteiger partial charge >= 0.3 is 0 Å². The summed E-state index contributed by atoms with van der Waals surface area (Å²) in [4.78, 5) is 6.10. The van der Waals surface area contributed by atoms with Gasteiger partial charge in [-0.05, 0) is 71.3 Å². The van der Waals surface area contributed by atoms with Gasteiger partial charge in [0.1, 0.15) is 5.82 Å². The molecule has 0 radical (unpaired) electrons. The molecule has 26 heavy (non-hydrogen) atoms. The Morgan fingerprint density at radius 3 is 2.38 bits per heavy atom. The summed E-state index contributed by atoms with van der Waals surface area (Å²) in [6.07, 6.45) is 0. The number of nitrogens with zero attached hydrogens (tertiary/aromatic N) is 1. The van der Waals surface area contributed by atoms with Crippen molar-refractivity contribution in [1.29, 1.82) is 0 Å². The average Bonchev–Trinajstić information content (AvgIpc) is 3.07. The zero-order chi connectivity index (χ0) is 17.9. The highest BCUT2D eigenvalue weighted by Crippen LogP contribution is 2.45. The summed E-state index contributed by atoms with van der Waals surface area (Å²) in [7, 11) is -0.731. The molecular weight excluding hydrogens is 343 g/mol. The van der Waals surface area contributed by atoms with Gasteiger partial charge in [0.15, 0.2) is 5.17 Å². The largest absolute Gasteiger partial charge is 0.335 e. The lowest BCUT2D eigenvalue weighted by Crippen LogP contribution is -2.15. The van der Waals surface area contributed by atoms with Gasteiger partial charge in [0.25, 0.3) is 0 Å². The average molecular weight is 362 g/mol. The van der Waals surface area contributed by atoms with Crippen molar-refractivity contribution < 1.29 is 4.39 Å². The third-order valence-electron chi connectivity index (χ3n) is 4.16. The highest BCUT2D eigenvalue weighted by Gasteiger charge is 2.22. The molecule has 4 rings (SSSR count). The smallest absolute Gasteiger partial charge is 0.153 e. The molecule has 2 nitrogen and oxygen atoms in total. The Kier molecular flexibility index (Phi) is 4.59. The van der Waals surface area contributed by atoms with E-state index in [1.807, 2.05) is 30.3 Å². The number of aryl methyl sites for hydroxylation is 1. The predicted octanol–water partition coefficient (Wildman–Crippen LogP) is 5.78. The molecule has 1 atom stereocenters. The number of benzene rings is 3. The summed E-state index contributed by atoms with van der Waals surface area (Å²) in [5, 5.41) is 6.62. The van der Waals surface area contributed by atoms with Crippen LogP contribution in [0.5, 0.6) is 0 Å². The Morgan fingerprint density at radius 2 is 1.65 bits per heavy atom. The van der Waals surface area contributed by atoms with Crippen molar-refractivity contribution in [2.45, 2.75) is 11.8 Å². The van der Waals surface area contributed by atoms with E-state index in [-0.39, 0.29) is 5.82 Å². The van der Waals surface area contributed by atoms with Gasteiger partial charge in [-0.1, -0.05) is 35.9 Å². The molecule has 1 N–H and O–H groups in total. The molecule has 3 aromatic rings. The van der Waals surface area contributed by atoms with E-state index in [0.717, 1.165) is 22.1 Å². The van der Waals surface area contributed by atoms with Crippen LogP contribution in [0, 0.1) is 12.7 Å². The van der Waals surface area contributed by atoms with E-state index in [9.17, 15) is 4.39 Å². The van der Waals surface area contributed by atoms with Gasteiger partial charge in [-0.25, -0.2) is 9.38 Å². The van der Waals surface area contributed by atoms with E-state index in [2.05, 4.69) is 41.9 Å². The topological polar surface area (TPSA) is 24.4 Å². The zero-order valence-electron chi connectivity index (χ0n) is 14.4. The Hall–Kier alpha value is -2.85. The van der Waals surface area contributed by atoms with Crippen LogP contribution in [-0.4, -0.2) is 5.17 Å². The molecule has 3 aromatic carbocycles. The van der Waals surface area contributed by atoms with Crippen molar-refractivity contribution in [2.24, 2.45) is 4.99 Å². The standard InChI is InChI=1S/C22H19FN2S/c1-16-6-5-9-20(14-16)26-15-21(17-10-12-18(23)13-11-17)25-22(26)24-19-7-3-2-4-8-19/h2-15,26H,1H3,(H,24,25). The van der Waals surface area contributed by atoms with E-state index < -0.39 is 10.9 Å². The Morgan fingerprint density at radius 1 is 0.885 bits per heavy atom. The number of hydrogen-bond donors (Lipinski definition) is 2. The molecule has 0 aliphatic carbocycles. The molecule has 0 saturated carbocycles. The third kappa shape index (κ3) is 3.55. The molecule has 4 heteroatoms. The van der Waals surface area contributed by atoms with Crippen LogP contribution in [0.3, 0.4) is 0 Å². The van der Waals surface area contributed by atoms with Gasteiger partial charge in [-0.3, -0.25) is 0 Å². The first-order valence-corrected chi connectivity index (χ1v) is 9.84. The summed E-state index contributed by atoms with van der Waals surface area (Å²) in [6, 6.07) is 25.0. The van der Waals surface area contributed by atoms with Crippen LogP contribution in [0.2, 0.25) is 0 Å². The van der Waals surface area contributed by atoms with E-state index in [4.69, 9.17) is 4.99 Å². The third-order valence-corrected chi connectivity index (χ3v) is 6.18. The number of halogens is 1. The van der Waals surface area contributed by atoms with E-state index in [1.54, 1.807) is 12.1 Å². The second-order valence-corrected chi connectivity index (χ2v) is 8.09. The first-order chi connectivity index (χ1) is 12.7. The Labute approximate surface area is 155 Å². The number of thiol groups is 1. The zero-order valence-corrected chi connectivity index (χ0v) is 15.2. The molecule has 1 unspecified atom stereocenters. The van der Waals surface area contributed by atoms with Crippen molar-refractivity contribution in [3.05, 3.63) is 101 Å². The fourth-order valence-corrected chi connectivity index (χ4v) is 4.90. The lowest BCUT2D eigenvalue weighted by atomic mass is 10.2. The fourth-order valence-electron chi connectivity index (χ4n) is 2.86. The monoisotopic (exact) mass is 362 g/mol. The summed E-state index contributed by atoms with van der Waals surface area (Å²) in [6.45, 7) is 2.10. The first-order valence-electron chi connectivity index (χ1n) is 8.43. The number of amidine groups is 1. The molecular formula is C22H19FN2S. The van der Waals surface area contributed by atoms with Gasteiger partial charge in [-0.15, -0.1) is 10.9 Å². The van der Waals surface area contributed by atoms with E-state index in [0.29, 0.717) is 0 Å². The minimum absolute atomic E-state index is 0.230. The second kappa shape index (κ2) is 7.18. The molecule has 0 spiro atoms. The van der Waals surface area contributed by atoms with Crippen molar-refractivity contribution in [3.8, 4) is 0 Å². The fraction of sp³-hybridized carbons (Fsp3) is 0.0455. The van der Waals surface area contributed by atoms with Crippen LogP contribution in [0.4, 0.5) is 10.1 Å². The normalized spacial score (nSPS) is 19.2. The second-order valence-electron chi connectivity index (χ2n) is 6.15. The van der Waals surface area contributed by atoms with Crippen LogP contribution < -0.4 is 5.32 Å². The van der Waals surface area contributed by atoms with Crippen LogP contribution in [0.25, 0.3) is 5.70 Å². The highest BCUT2D eigenvalue weighted by atomic mass is 32.2. The van der Waals surface area contributed by atoms with Crippen molar-refractivity contribution in [2.75, 3.05) is 0 Å². The molecule has 1 aliphatic heterocycles. The summed E-state index contributed by atoms with van der Waals surface area (Å²) < 4.78 is 13.3. The van der Waals surface area contributed by atoms with E-state index in [1.165, 1.54) is 22.6 Å². The predicted molar refractivity (Wildman–Crippen MR) is 109 cm³/mol. The van der Waals surface area contributed by atoms with Gasteiger partial charge in [-0.2, -0.15) is 0 Å². The number of hydrogen-bond acceptors (Lipinski definition) is 1. The number of para-hydroxylation sites is 1. The van der Waals surface area contributed by atoms with Gasteiger partial charge < -0.3 is 5.32 Å². The summed E-state index contributed by atoms with van der Waals surface area (Å²) >= 11 is 0. The maximum Gasteiger partial charge on any atom is 0.153 e. The molecule has 0 amide bonds. The SMILES string of the molecule is Cc1cccc([SH]2C=C(c3ccc(F)cc3)NC2=Nc2ccccc2)c1. The molecule has 130 valence electrons.